The molecule has 0 aromatic rings. The van der Waals surface area contributed by atoms with Crippen LogP contribution in [-0.2, 0) is 4.57 Å². The molecule has 2 atom stereocenters. The highest BCUT2D eigenvalue weighted by atomic mass is 31.2. The number of hydrogen-bond donors (Lipinski definition) is 1. The van der Waals surface area contributed by atoms with Gasteiger partial charge in [0.2, 0.25) is 0 Å². The van der Waals surface area contributed by atoms with E-state index in [1.165, 1.54) is 0 Å². The smallest absolute Gasteiger partial charge is 0.322 e. The summed E-state index contributed by atoms with van der Waals surface area (Å²) >= 11 is 0. The molecule has 2 heterocycles. The number of rotatable bonds is 2. The van der Waals surface area contributed by atoms with Gasteiger partial charge in [-0.3, -0.25) is 4.57 Å². The molecule has 0 aromatic heterocycles. The van der Waals surface area contributed by atoms with Crippen molar-refractivity contribution in [2.45, 2.75) is 10.7 Å². The second kappa shape index (κ2) is 2.30. The van der Waals surface area contributed by atoms with Crippen molar-refractivity contribution in [3.05, 3.63) is 0 Å². The molecular weight excluding hydrogens is 182 g/mol. The fraction of sp³-hybridized carbons (Fsp3) is 1.00. The lowest BCUT2D eigenvalue weighted by Gasteiger charge is -2.19. The summed E-state index contributed by atoms with van der Waals surface area (Å²) in [5.41, 5.74) is 0. The van der Waals surface area contributed by atoms with Crippen molar-refractivity contribution >= 4 is 39.1 Å². The lowest BCUT2D eigenvalue weighted by Crippen LogP contribution is -2.23. The van der Waals surface area contributed by atoms with Crippen LogP contribution < -0.4 is 0 Å². The van der Waals surface area contributed by atoms with Crippen LogP contribution in [0.1, 0.15) is 0 Å². The van der Waals surface area contributed by atoms with Crippen LogP contribution in [-0.4, -0.2) is 69.4 Å². The monoisotopic (exact) mass is 196 g/mol. The van der Waals surface area contributed by atoms with E-state index in [4.69, 9.17) is 0 Å². The van der Waals surface area contributed by atoms with Crippen LogP contribution in [0.15, 0.2) is 0 Å². The summed E-state index contributed by atoms with van der Waals surface area (Å²) in [5, 5.41) is -0.161. The predicted molar refractivity (Wildman–Crippen MR) is 62.9 cm³/mol. The summed E-state index contributed by atoms with van der Waals surface area (Å²) in [4.78, 5) is 9.87. The largest absolute Gasteiger partial charge is 0.341 e. The molecule has 0 amide bonds. The highest BCUT2D eigenvalue weighted by Crippen LogP contribution is 2.64. The minimum atomic E-state index is -3.19. The van der Waals surface area contributed by atoms with Gasteiger partial charge in [0.15, 0.2) is 0 Å². The molecule has 1 N–H and O–H groups in total. The normalized spacial score (nSPS) is 43.5. The van der Waals surface area contributed by atoms with Crippen molar-refractivity contribution in [3.63, 3.8) is 0 Å². The average molecular weight is 195 g/mol. The van der Waals surface area contributed by atoms with Crippen LogP contribution >= 0.6 is 7.67 Å². The second-order valence-electron chi connectivity index (χ2n) is 5.25. The topological polar surface area (TPSA) is 43.3 Å². The van der Waals surface area contributed by atoms with Crippen molar-refractivity contribution in [1.29, 1.82) is 0 Å². The fourth-order valence-electron chi connectivity index (χ4n) is 1.68. The van der Waals surface area contributed by atoms with Crippen molar-refractivity contribution in [2.24, 2.45) is 0 Å². The maximum atomic E-state index is 12.0. The maximum Gasteiger partial charge on any atom is 0.341 e. The first-order valence-corrected chi connectivity index (χ1v) is 6.13. The Bertz CT molecular complexity index is 283. The molecule has 2 aliphatic heterocycles. The zero-order valence-corrected chi connectivity index (χ0v) is 9.51. The van der Waals surface area contributed by atoms with Gasteiger partial charge in [-0.2, -0.15) is 0 Å². The molecule has 2 aliphatic rings. The van der Waals surface area contributed by atoms with E-state index in [-0.39, 0.29) is 10.7 Å². The van der Waals surface area contributed by atoms with Crippen LogP contribution in [0.25, 0.3) is 0 Å². The minimum absolute atomic E-state index is 0.0804. The molecular formula is C4H13B4N2O2P. The zero-order valence-electron chi connectivity index (χ0n) is 8.61. The van der Waals surface area contributed by atoms with E-state index in [1.807, 2.05) is 31.4 Å². The van der Waals surface area contributed by atoms with Crippen molar-refractivity contribution in [1.82, 2.24) is 9.34 Å². The standard InChI is InChI=1S/C4H13B4N2O2P/c5-3(6)1-9(3)13(11,12)10-2-4(10,7)8/h1-2,5-8H2,(H,11,12). The molecule has 2 unspecified atom stereocenters. The van der Waals surface area contributed by atoms with E-state index < -0.39 is 7.67 Å². The highest BCUT2D eigenvalue weighted by molar-refractivity contribution is 7.54. The SMILES string of the molecule is BC1(B)CN1P(=O)(O)N1CC1(B)B. The summed E-state index contributed by atoms with van der Waals surface area (Å²) < 4.78 is 15.4. The van der Waals surface area contributed by atoms with Gasteiger partial charge in [0.05, 0.1) is 0 Å². The first kappa shape index (κ1) is 9.91. The van der Waals surface area contributed by atoms with Gasteiger partial charge in [0.25, 0.3) is 0 Å². The Morgan fingerprint density at radius 3 is 1.46 bits per heavy atom. The van der Waals surface area contributed by atoms with Gasteiger partial charge in [-0.15, -0.1) is 0 Å². The van der Waals surface area contributed by atoms with Crippen molar-refractivity contribution in [2.75, 3.05) is 13.1 Å². The van der Waals surface area contributed by atoms with Gasteiger partial charge in [-0.1, -0.05) is 0 Å². The third-order valence-electron chi connectivity index (χ3n) is 2.89. The molecule has 0 saturated carbocycles. The summed E-state index contributed by atoms with van der Waals surface area (Å²) in [7, 11) is 4.78. The Morgan fingerprint density at radius 1 is 1.08 bits per heavy atom. The summed E-state index contributed by atoms with van der Waals surface area (Å²) in [5.74, 6) is 0. The first-order chi connectivity index (χ1) is 5.68. The molecule has 2 fully saturated rings. The van der Waals surface area contributed by atoms with Gasteiger partial charge >= 0.3 is 7.67 Å². The predicted octanol–water partition coefficient (Wildman–Crippen LogP) is -4.44. The summed E-state index contributed by atoms with van der Waals surface area (Å²) in [6.45, 7) is 1.46. The quantitative estimate of drug-likeness (QED) is 0.274. The average Bonchev–Trinajstić information content (AvgIpc) is 2.71. The third-order valence-corrected chi connectivity index (χ3v) is 5.52. The fourth-order valence-corrected chi connectivity index (χ4v) is 4.41. The van der Waals surface area contributed by atoms with Crippen LogP contribution in [0.2, 0.25) is 0 Å². The van der Waals surface area contributed by atoms with Gasteiger partial charge in [-0.05, 0) is 10.7 Å². The van der Waals surface area contributed by atoms with E-state index >= 15 is 0 Å². The molecule has 4 nitrogen and oxygen atoms in total. The van der Waals surface area contributed by atoms with Crippen molar-refractivity contribution < 1.29 is 9.46 Å². The van der Waals surface area contributed by atoms with E-state index in [9.17, 15) is 9.46 Å². The van der Waals surface area contributed by atoms with E-state index in [0.29, 0.717) is 0 Å². The Hall–Kier alpha value is 0.370. The van der Waals surface area contributed by atoms with Gasteiger partial charge in [0.1, 0.15) is 31.4 Å². The Kier molecular flexibility index (Phi) is 1.75. The molecule has 0 aromatic carbocycles. The summed E-state index contributed by atoms with van der Waals surface area (Å²) in [6, 6.07) is 0. The summed E-state index contributed by atoms with van der Waals surface area (Å²) in [6.07, 6.45) is 0. The molecule has 0 bridgehead atoms. The first-order valence-electron chi connectivity index (χ1n) is 4.57. The third kappa shape index (κ3) is 1.44. The van der Waals surface area contributed by atoms with E-state index in [2.05, 4.69) is 0 Å². The van der Waals surface area contributed by atoms with Crippen LogP contribution in [0.5, 0.6) is 0 Å². The van der Waals surface area contributed by atoms with Crippen molar-refractivity contribution in [3.8, 4) is 0 Å². The zero-order chi connectivity index (χ0) is 10.1. The second-order valence-corrected chi connectivity index (χ2v) is 7.25. The lowest BCUT2D eigenvalue weighted by molar-refractivity contribution is 0.396. The lowest BCUT2D eigenvalue weighted by atomic mass is 9.70. The van der Waals surface area contributed by atoms with E-state index in [1.54, 1.807) is 9.34 Å². The van der Waals surface area contributed by atoms with Gasteiger partial charge < -0.3 is 4.89 Å². The Balaban J connectivity index is 2.12. The molecule has 2 rings (SSSR count). The highest BCUT2D eigenvalue weighted by Gasteiger charge is 2.62. The minimum Gasteiger partial charge on any atom is -0.322 e. The molecule has 0 radical (unpaired) electrons. The van der Waals surface area contributed by atoms with E-state index in [0.717, 1.165) is 13.1 Å². The van der Waals surface area contributed by atoms with Crippen LogP contribution in [0.3, 0.4) is 0 Å². The Labute approximate surface area is 82.2 Å². The molecule has 0 aliphatic carbocycles. The van der Waals surface area contributed by atoms with Crippen LogP contribution in [0, 0.1) is 0 Å². The molecule has 13 heavy (non-hydrogen) atoms. The molecule has 2 saturated heterocycles. The Morgan fingerprint density at radius 2 is 1.31 bits per heavy atom. The van der Waals surface area contributed by atoms with Gasteiger partial charge in [-0.25, -0.2) is 9.34 Å². The molecule has 68 valence electrons. The molecule has 9 heteroatoms. The van der Waals surface area contributed by atoms with Gasteiger partial charge in [0, 0.05) is 13.1 Å². The number of hydrogen-bond acceptors (Lipinski definition) is 1. The maximum absolute atomic E-state index is 12.0. The van der Waals surface area contributed by atoms with Crippen LogP contribution in [0.4, 0.5) is 0 Å². The molecule has 0 spiro atoms. The number of nitrogens with zero attached hydrogens (tertiary/aromatic N) is 2.